The van der Waals surface area contributed by atoms with Gasteiger partial charge in [-0.05, 0) is 31.2 Å². The average Bonchev–Trinajstić information content (AvgIpc) is 2.47. The van der Waals surface area contributed by atoms with Crippen molar-refractivity contribution in [3.05, 3.63) is 52.6 Å². The van der Waals surface area contributed by atoms with Crippen LogP contribution in [0.1, 0.15) is 12.6 Å². The van der Waals surface area contributed by atoms with E-state index in [-0.39, 0.29) is 0 Å². The molecule has 1 heterocycles. The number of alkyl halides is 1. The van der Waals surface area contributed by atoms with Crippen molar-refractivity contribution in [3.8, 4) is 0 Å². The SMILES string of the molecule is CCOP(=O)(c1ccccc1)c1cc(Br)cc(CBr)n1. The van der Waals surface area contributed by atoms with E-state index >= 15 is 0 Å². The first kappa shape index (κ1) is 15.9. The molecule has 0 spiro atoms. The van der Waals surface area contributed by atoms with Crippen molar-refractivity contribution in [1.29, 1.82) is 0 Å². The molecule has 0 bridgehead atoms. The van der Waals surface area contributed by atoms with Crippen molar-refractivity contribution in [2.45, 2.75) is 12.3 Å². The lowest BCUT2D eigenvalue weighted by molar-refractivity contribution is 0.347. The highest BCUT2D eigenvalue weighted by molar-refractivity contribution is 9.10. The van der Waals surface area contributed by atoms with Crippen LogP contribution in [0.25, 0.3) is 0 Å². The van der Waals surface area contributed by atoms with Crippen LogP contribution >= 0.6 is 39.2 Å². The number of pyridine rings is 1. The summed E-state index contributed by atoms with van der Waals surface area (Å²) < 4.78 is 19.8. The van der Waals surface area contributed by atoms with Crippen molar-refractivity contribution < 1.29 is 9.09 Å². The maximum Gasteiger partial charge on any atom is 0.279 e. The van der Waals surface area contributed by atoms with Gasteiger partial charge in [0.1, 0.15) is 5.44 Å². The van der Waals surface area contributed by atoms with E-state index < -0.39 is 7.37 Å². The van der Waals surface area contributed by atoms with E-state index in [2.05, 4.69) is 36.8 Å². The number of hydrogen-bond acceptors (Lipinski definition) is 3. The normalized spacial score (nSPS) is 13.9. The zero-order valence-corrected chi connectivity index (χ0v) is 15.0. The van der Waals surface area contributed by atoms with Gasteiger partial charge in [-0.1, -0.05) is 50.1 Å². The number of hydrogen-bond donors (Lipinski definition) is 0. The fraction of sp³-hybridized carbons (Fsp3) is 0.214. The standard InChI is InChI=1S/C14H14Br2NO2P/c1-2-19-20(18,13-6-4-3-5-7-13)14-9-11(16)8-12(10-15)17-14/h3-9H,2,10H2,1H3. The molecule has 2 aromatic rings. The first-order chi connectivity index (χ1) is 9.60. The van der Waals surface area contributed by atoms with E-state index in [0.29, 0.717) is 22.7 Å². The van der Waals surface area contributed by atoms with Crippen LogP contribution in [0.15, 0.2) is 46.9 Å². The lowest BCUT2D eigenvalue weighted by Crippen LogP contribution is -2.21. The Kier molecular flexibility index (Phi) is 5.56. The Morgan fingerprint density at radius 3 is 2.55 bits per heavy atom. The Labute approximate surface area is 135 Å². The molecule has 20 heavy (non-hydrogen) atoms. The molecule has 1 aromatic heterocycles. The molecule has 0 fully saturated rings. The van der Waals surface area contributed by atoms with Crippen molar-refractivity contribution in [2.24, 2.45) is 0 Å². The first-order valence-corrected chi connectivity index (χ1v) is 9.67. The largest absolute Gasteiger partial charge is 0.321 e. The van der Waals surface area contributed by atoms with Gasteiger partial charge in [-0.2, -0.15) is 0 Å². The second kappa shape index (κ2) is 6.99. The molecule has 1 atom stereocenters. The highest BCUT2D eigenvalue weighted by Gasteiger charge is 2.30. The summed E-state index contributed by atoms with van der Waals surface area (Å²) in [5.74, 6) is 0. The minimum absolute atomic E-state index is 0.365. The summed E-state index contributed by atoms with van der Waals surface area (Å²) in [6.07, 6.45) is 0. The van der Waals surface area contributed by atoms with Gasteiger partial charge in [0.05, 0.1) is 12.3 Å². The van der Waals surface area contributed by atoms with Crippen LogP contribution in [0.4, 0.5) is 0 Å². The van der Waals surface area contributed by atoms with Crippen LogP contribution in [-0.4, -0.2) is 11.6 Å². The highest BCUT2D eigenvalue weighted by atomic mass is 79.9. The average molecular weight is 419 g/mol. The predicted octanol–water partition coefficient (Wildman–Crippen LogP) is 4.00. The predicted molar refractivity (Wildman–Crippen MR) is 89.5 cm³/mol. The number of benzene rings is 1. The van der Waals surface area contributed by atoms with E-state index in [9.17, 15) is 4.57 Å². The molecule has 2 rings (SSSR count). The summed E-state index contributed by atoms with van der Waals surface area (Å²) in [4.78, 5) is 4.45. The van der Waals surface area contributed by atoms with Gasteiger partial charge < -0.3 is 4.52 Å². The molecule has 0 saturated heterocycles. The Balaban J connectivity index is 2.59. The Morgan fingerprint density at radius 1 is 1.25 bits per heavy atom. The summed E-state index contributed by atoms with van der Waals surface area (Å²) in [5, 5.41) is 1.26. The van der Waals surface area contributed by atoms with Crippen molar-refractivity contribution >= 4 is 50.0 Å². The molecule has 1 unspecified atom stereocenters. The van der Waals surface area contributed by atoms with Crippen LogP contribution in [-0.2, 0) is 14.4 Å². The molecule has 0 aliphatic carbocycles. The molecular weight excluding hydrogens is 405 g/mol. The van der Waals surface area contributed by atoms with Crippen molar-refractivity contribution in [2.75, 3.05) is 6.61 Å². The van der Waals surface area contributed by atoms with E-state index in [4.69, 9.17) is 4.52 Å². The second-order valence-corrected chi connectivity index (χ2v) is 7.89. The maximum absolute atomic E-state index is 13.3. The van der Waals surface area contributed by atoms with Gasteiger partial charge in [-0.3, -0.25) is 4.57 Å². The molecule has 3 nitrogen and oxygen atoms in total. The van der Waals surface area contributed by atoms with E-state index in [0.717, 1.165) is 10.2 Å². The molecule has 0 saturated carbocycles. The van der Waals surface area contributed by atoms with Gasteiger partial charge in [0.25, 0.3) is 7.37 Å². The summed E-state index contributed by atoms with van der Waals surface area (Å²) in [6, 6.07) is 12.9. The van der Waals surface area contributed by atoms with Crippen LogP contribution in [0, 0.1) is 0 Å². The van der Waals surface area contributed by atoms with Gasteiger partial charge in [0.15, 0.2) is 0 Å². The lowest BCUT2D eigenvalue weighted by atomic mass is 10.4. The summed E-state index contributed by atoms with van der Waals surface area (Å²) >= 11 is 6.81. The van der Waals surface area contributed by atoms with Crippen LogP contribution in [0.2, 0.25) is 0 Å². The quantitative estimate of drug-likeness (QED) is 0.544. The molecule has 1 aromatic carbocycles. The van der Waals surface area contributed by atoms with Gasteiger partial charge >= 0.3 is 0 Å². The van der Waals surface area contributed by atoms with Gasteiger partial charge in [-0.25, -0.2) is 4.98 Å². The zero-order chi connectivity index (χ0) is 14.6. The van der Waals surface area contributed by atoms with Crippen LogP contribution < -0.4 is 10.7 Å². The molecule has 0 N–H and O–H groups in total. The molecule has 0 aliphatic heterocycles. The number of rotatable bonds is 5. The van der Waals surface area contributed by atoms with Gasteiger partial charge in [-0.15, -0.1) is 0 Å². The third-order valence-corrected chi connectivity index (χ3v) is 6.14. The minimum atomic E-state index is -3.15. The summed E-state index contributed by atoms with van der Waals surface area (Å²) in [5.41, 5.74) is 1.28. The fourth-order valence-electron chi connectivity index (χ4n) is 1.83. The monoisotopic (exact) mass is 417 g/mol. The summed E-state index contributed by atoms with van der Waals surface area (Å²) in [7, 11) is -3.15. The first-order valence-electron chi connectivity index (χ1n) is 6.13. The van der Waals surface area contributed by atoms with E-state index in [1.54, 1.807) is 6.07 Å². The molecule has 0 aliphatic rings. The Hall–Kier alpha value is -0.480. The topological polar surface area (TPSA) is 39.2 Å². The van der Waals surface area contributed by atoms with Crippen molar-refractivity contribution in [3.63, 3.8) is 0 Å². The Morgan fingerprint density at radius 2 is 1.95 bits per heavy atom. The van der Waals surface area contributed by atoms with Gasteiger partial charge in [0.2, 0.25) is 0 Å². The van der Waals surface area contributed by atoms with E-state index in [1.165, 1.54) is 0 Å². The summed E-state index contributed by atoms with van der Waals surface area (Å²) in [6.45, 7) is 2.20. The van der Waals surface area contributed by atoms with Gasteiger partial charge in [0, 0.05) is 15.1 Å². The van der Waals surface area contributed by atoms with Crippen LogP contribution in [0.5, 0.6) is 0 Å². The number of halogens is 2. The molecule has 0 radical (unpaired) electrons. The molecule has 106 valence electrons. The number of nitrogens with zero attached hydrogens (tertiary/aromatic N) is 1. The highest BCUT2D eigenvalue weighted by Crippen LogP contribution is 2.44. The maximum atomic E-state index is 13.3. The minimum Gasteiger partial charge on any atom is -0.321 e. The fourth-order valence-corrected chi connectivity index (χ4v) is 4.82. The Bertz CT molecular complexity index is 634. The van der Waals surface area contributed by atoms with E-state index in [1.807, 2.05) is 43.3 Å². The molecule has 6 heteroatoms. The smallest absolute Gasteiger partial charge is 0.279 e. The third-order valence-electron chi connectivity index (χ3n) is 2.68. The number of aromatic nitrogens is 1. The third kappa shape index (κ3) is 3.40. The van der Waals surface area contributed by atoms with Crippen LogP contribution in [0.3, 0.4) is 0 Å². The molecular formula is C14H14Br2NO2P. The van der Waals surface area contributed by atoms with Crippen molar-refractivity contribution in [1.82, 2.24) is 4.98 Å². The lowest BCUT2D eigenvalue weighted by Gasteiger charge is -2.18. The zero-order valence-electron chi connectivity index (χ0n) is 10.9. The second-order valence-electron chi connectivity index (χ2n) is 4.07. The molecule has 0 amide bonds.